The SMILES string of the molecule is COc1ccccc1C(=O)N/C(=C\c1ccc2c(c1)OCO2)C(=O)Nc1ccc2ccccc2c1. The molecule has 0 bridgehead atoms. The summed E-state index contributed by atoms with van der Waals surface area (Å²) >= 11 is 0. The van der Waals surface area contributed by atoms with Crippen molar-refractivity contribution >= 4 is 34.4 Å². The molecule has 7 nitrogen and oxygen atoms in total. The number of benzene rings is 4. The summed E-state index contributed by atoms with van der Waals surface area (Å²) in [6.07, 6.45) is 1.59. The van der Waals surface area contributed by atoms with E-state index in [-0.39, 0.29) is 12.5 Å². The fourth-order valence-corrected chi connectivity index (χ4v) is 3.82. The summed E-state index contributed by atoms with van der Waals surface area (Å²) in [5.41, 5.74) is 1.65. The van der Waals surface area contributed by atoms with Gasteiger partial charge in [0.05, 0.1) is 12.7 Å². The number of methoxy groups -OCH3 is 1. The third-order valence-electron chi connectivity index (χ3n) is 5.56. The molecule has 35 heavy (non-hydrogen) atoms. The molecule has 5 rings (SSSR count). The van der Waals surface area contributed by atoms with Crippen molar-refractivity contribution in [3.8, 4) is 17.2 Å². The second kappa shape index (κ2) is 9.61. The van der Waals surface area contributed by atoms with E-state index in [4.69, 9.17) is 14.2 Å². The monoisotopic (exact) mass is 466 g/mol. The van der Waals surface area contributed by atoms with E-state index in [9.17, 15) is 9.59 Å². The third kappa shape index (κ3) is 4.79. The van der Waals surface area contributed by atoms with Crippen LogP contribution >= 0.6 is 0 Å². The van der Waals surface area contributed by atoms with Crippen LogP contribution in [0.15, 0.2) is 90.6 Å². The van der Waals surface area contributed by atoms with Crippen LogP contribution in [0.5, 0.6) is 17.2 Å². The molecule has 0 saturated heterocycles. The predicted octanol–water partition coefficient (Wildman–Crippen LogP) is 4.99. The van der Waals surface area contributed by atoms with Gasteiger partial charge in [0.25, 0.3) is 11.8 Å². The maximum Gasteiger partial charge on any atom is 0.272 e. The van der Waals surface area contributed by atoms with Gasteiger partial charge in [0.15, 0.2) is 11.5 Å². The van der Waals surface area contributed by atoms with Crippen LogP contribution in [-0.4, -0.2) is 25.7 Å². The molecule has 0 saturated carbocycles. The first kappa shape index (κ1) is 22.0. The predicted molar refractivity (Wildman–Crippen MR) is 134 cm³/mol. The average Bonchev–Trinajstić information content (AvgIpc) is 3.36. The van der Waals surface area contributed by atoms with Gasteiger partial charge in [0.2, 0.25) is 6.79 Å². The minimum atomic E-state index is -0.471. The molecule has 0 fully saturated rings. The summed E-state index contributed by atoms with van der Waals surface area (Å²) in [5, 5.41) is 7.67. The number of ether oxygens (including phenoxy) is 3. The molecule has 0 spiro atoms. The number of nitrogens with one attached hydrogen (secondary N) is 2. The van der Waals surface area contributed by atoms with E-state index < -0.39 is 11.8 Å². The van der Waals surface area contributed by atoms with Crippen LogP contribution in [0, 0.1) is 0 Å². The fraction of sp³-hybridized carbons (Fsp3) is 0.0714. The maximum atomic E-state index is 13.3. The maximum absolute atomic E-state index is 13.3. The lowest BCUT2D eigenvalue weighted by molar-refractivity contribution is -0.113. The normalized spacial score (nSPS) is 12.3. The Labute approximate surface area is 201 Å². The zero-order chi connectivity index (χ0) is 24.2. The quantitative estimate of drug-likeness (QED) is 0.391. The minimum absolute atomic E-state index is 0.0629. The van der Waals surface area contributed by atoms with Crippen molar-refractivity contribution in [1.82, 2.24) is 5.32 Å². The number of rotatable bonds is 6. The summed E-state index contributed by atoms with van der Waals surface area (Å²) in [6.45, 7) is 0.141. The van der Waals surface area contributed by atoms with E-state index in [0.29, 0.717) is 34.1 Å². The Morgan fingerprint density at radius 1 is 0.857 bits per heavy atom. The number of fused-ring (bicyclic) bond motifs is 2. The first-order valence-corrected chi connectivity index (χ1v) is 11.0. The molecule has 174 valence electrons. The topological polar surface area (TPSA) is 85.9 Å². The Morgan fingerprint density at radius 3 is 2.49 bits per heavy atom. The van der Waals surface area contributed by atoms with Crippen LogP contribution in [0.2, 0.25) is 0 Å². The number of carbonyl (C=O) groups is 2. The van der Waals surface area contributed by atoms with Gasteiger partial charge in [-0.3, -0.25) is 9.59 Å². The van der Waals surface area contributed by atoms with Gasteiger partial charge in [-0.1, -0.05) is 48.5 Å². The third-order valence-corrected chi connectivity index (χ3v) is 5.56. The van der Waals surface area contributed by atoms with Gasteiger partial charge < -0.3 is 24.8 Å². The zero-order valence-corrected chi connectivity index (χ0v) is 18.9. The highest BCUT2D eigenvalue weighted by Crippen LogP contribution is 2.33. The van der Waals surface area contributed by atoms with Crippen molar-refractivity contribution in [2.75, 3.05) is 19.2 Å². The molecule has 2 N–H and O–H groups in total. The van der Waals surface area contributed by atoms with Gasteiger partial charge in [0, 0.05) is 5.69 Å². The van der Waals surface area contributed by atoms with Crippen molar-refractivity contribution in [3.63, 3.8) is 0 Å². The van der Waals surface area contributed by atoms with Crippen LogP contribution in [0.4, 0.5) is 5.69 Å². The average molecular weight is 466 g/mol. The van der Waals surface area contributed by atoms with E-state index in [2.05, 4.69) is 10.6 Å². The highest BCUT2D eigenvalue weighted by Gasteiger charge is 2.19. The number of anilines is 1. The molecular weight excluding hydrogens is 444 g/mol. The van der Waals surface area contributed by atoms with Crippen LogP contribution < -0.4 is 24.8 Å². The molecule has 4 aromatic carbocycles. The van der Waals surface area contributed by atoms with Crippen molar-refractivity contribution in [1.29, 1.82) is 0 Å². The highest BCUT2D eigenvalue weighted by molar-refractivity contribution is 6.11. The molecule has 1 heterocycles. The van der Waals surface area contributed by atoms with Crippen LogP contribution in [0.25, 0.3) is 16.8 Å². The van der Waals surface area contributed by atoms with Gasteiger partial charge in [0.1, 0.15) is 11.4 Å². The second-order valence-corrected chi connectivity index (χ2v) is 7.84. The lowest BCUT2D eigenvalue weighted by atomic mass is 10.1. The molecule has 0 radical (unpaired) electrons. The van der Waals surface area contributed by atoms with Crippen molar-refractivity contribution in [2.24, 2.45) is 0 Å². The van der Waals surface area contributed by atoms with Crippen LogP contribution in [0.1, 0.15) is 15.9 Å². The molecule has 1 aliphatic heterocycles. The van der Waals surface area contributed by atoms with E-state index in [1.54, 1.807) is 48.5 Å². The van der Waals surface area contributed by atoms with Crippen LogP contribution in [0.3, 0.4) is 0 Å². The number of hydrogen-bond acceptors (Lipinski definition) is 5. The molecular formula is C28H22N2O5. The van der Waals surface area contributed by atoms with Crippen molar-refractivity contribution in [3.05, 3.63) is 102 Å². The van der Waals surface area contributed by atoms with E-state index >= 15 is 0 Å². The lowest BCUT2D eigenvalue weighted by Crippen LogP contribution is -2.31. The zero-order valence-electron chi connectivity index (χ0n) is 18.9. The van der Waals surface area contributed by atoms with Gasteiger partial charge in [-0.15, -0.1) is 0 Å². The molecule has 4 aromatic rings. The summed E-state index contributed by atoms with van der Waals surface area (Å²) < 4.78 is 16.1. The molecule has 0 unspecified atom stereocenters. The van der Waals surface area contributed by atoms with E-state index in [1.807, 2.05) is 42.5 Å². The van der Waals surface area contributed by atoms with E-state index in [1.165, 1.54) is 7.11 Å². The standard InChI is InChI=1S/C28H22N2O5/c1-33-24-9-5-4-8-22(24)27(31)30-23(14-18-10-13-25-26(15-18)35-17-34-25)28(32)29-21-12-11-19-6-2-3-7-20(19)16-21/h2-16H,17H2,1H3,(H,29,32)(H,30,31)/b23-14-. The largest absolute Gasteiger partial charge is 0.496 e. The Balaban J connectivity index is 1.46. The number of para-hydroxylation sites is 1. The van der Waals surface area contributed by atoms with Crippen molar-refractivity contribution in [2.45, 2.75) is 0 Å². The lowest BCUT2D eigenvalue weighted by Gasteiger charge is -2.13. The summed E-state index contributed by atoms with van der Waals surface area (Å²) in [6, 6.07) is 25.6. The van der Waals surface area contributed by atoms with Gasteiger partial charge in [-0.05, 0) is 58.8 Å². The van der Waals surface area contributed by atoms with Crippen LogP contribution in [-0.2, 0) is 4.79 Å². The van der Waals surface area contributed by atoms with Crippen molar-refractivity contribution < 1.29 is 23.8 Å². The first-order chi connectivity index (χ1) is 17.1. The summed E-state index contributed by atoms with van der Waals surface area (Å²) in [5.74, 6) is 0.665. The number of hydrogen-bond donors (Lipinski definition) is 2. The smallest absolute Gasteiger partial charge is 0.272 e. The Hall–Kier alpha value is -4.78. The Bertz CT molecular complexity index is 1460. The van der Waals surface area contributed by atoms with Gasteiger partial charge >= 0.3 is 0 Å². The molecule has 1 aliphatic rings. The fourth-order valence-electron chi connectivity index (χ4n) is 3.82. The molecule has 2 amide bonds. The van der Waals surface area contributed by atoms with Gasteiger partial charge in [-0.25, -0.2) is 0 Å². The van der Waals surface area contributed by atoms with Gasteiger partial charge in [-0.2, -0.15) is 0 Å². The molecule has 7 heteroatoms. The molecule has 0 aromatic heterocycles. The second-order valence-electron chi connectivity index (χ2n) is 7.84. The summed E-state index contributed by atoms with van der Waals surface area (Å²) in [4.78, 5) is 26.4. The Morgan fingerprint density at radius 2 is 1.63 bits per heavy atom. The summed E-state index contributed by atoms with van der Waals surface area (Å²) in [7, 11) is 1.49. The highest BCUT2D eigenvalue weighted by atomic mass is 16.7. The number of carbonyl (C=O) groups excluding carboxylic acids is 2. The number of amides is 2. The Kier molecular flexibility index (Phi) is 6.05. The first-order valence-electron chi connectivity index (χ1n) is 11.0. The molecule has 0 atom stereocenters. The molecule has 0 aliphatic carbocycles. The van der Waals surface area contributed by atoms with E-state index in [0.717, 1.165) is 10.8 Å². The minimum Gasteiger partial charge on any atom is -0.496 e.